The van der Waals surface area contributed by atoms with Gasteiger partial charge in [-0.1, -0.05) is 84.9 Å². The molecule has 2 N–H and O–H groups in total. The number of aliphatic hydroxyl groups is 2. The van der Waals surface area contributed by atoms with Crippen LogP contribution < -0.4 is 9.80 Å². The maximum atomic E-state index is 8.56. The first-order chi connectivity index (χ1) is 23.8. The van der Waals surface area contributed by atoms with Gasteiger partial charge in [0.25, 0.3) is 0 Å². The predicted molar refractivity (Wildman–Crippen MR) is 211 cm³/mol. The minimum Gasteiger partial charge on any atom is -0.500 e. The molecule has 1 aliphatic heterocycles. The van der Waals surface area contributed by atoms with Crippen molar-refractivity contribution in [2.45, 2.75) is 98.2 Å². The van der Waals surface area contributed by atoms with E-state index in [1.165, 1.54) is 33.2 Å². The minimum absolute atomic E-state index is 0. The molecule has 0 bridgehead atoms. The second-order valence-electron chi connectivity index (χ2n) is 14.6. The fourth-order valence-electron chi connectivity index (χ4n) is 5.83. The first-order valence-corrected chi connectivity index (χ1v) is 17.7. The fourth-order valence-corrected chi connectivity index (χ4v) is 5.83. The number of pyridine rings is 1. The van der Waals surface area contributed by atoms with Gasteiger partial charge in [-0.2, -0.15) is 30.3 Å². The topological polar surface area (TPSA) is 59.8 Å². The molecule has 2 atom stereocenters. The molecule has 6 rings (SSSR count). The molecule has 2 heterocycles. The Morgan fingerprint density at radius 1 is 0.725 bits per heavy atom. The fraction of sp³-hybridized carbons (Fsp3) is 0.333. The van der Waals surface area contributed by atoms with Gasteiger partial charge in [-0.05, 0) is 89.1 Å². The molecule has 2 unspecified atom stereocenters. The van der Waals surface area contributed by atoms with Crippen LogP contribution >= 0.6 is 0 Å². The normalized spacial score (nSPS) is 13.7. The Morgan fingerprint density at radius 2 is 1.29 bits per heavy atom. The number of rotatable bonds is 7. The molecule has 0 amide bonds. The summed E-state index contributed by atoms with van der Waals surface area (Å²) in [6, 6.07) is 37.7. The molecule has 5 nitrogen and oxygen atoms in total. The van der Waals surface area contributed by atoms with E-state index in [2.05, 4.69) is 125 Å². The minimum atomic E-state index is -0.375. The first kappa shape index (κ1) is 41.6. The van der Waals surface area contributed by atoms with Gasteiger partial charge in [0.1, 0.15) is 0 Å². The van der Waals surface area contributed by atoms with Gasteiger partial charge in [0.2, 0.25) is 0 Å². The van der Waals surface area contributed by atoms with Crippen LogP contribution in [0.2, 0.25) is 0 Å². The summed E-state index contributed by atoms with van der Waals surface area (Å²) in [5, 5.41) is 19.5. The van der Waals surface area contributed by atoms with Crippen LogP contribution in [-0.2, 0) is 25.5 Å². The zero-order valence-electron chi connectivity index (χ0n) is 31.6. The molecule has 0 fully saturated rings. The number of hydrogen-bond acceptors (Lipinski definition) is 5. The summed E-state index contributed by atoms with van der Waals surface area (Å²) in [7, 11) is 0. The molecule has 4 aromatic carbocycles. The Morgan fingerprint density at radius 3 is 1.80 bits per heavy atom. The van der Waals surface area contributed by atoms with E-state index in [4.69, 9.17) is 10.2 Å². The summed E-state index contributed by atoms with van der Waals surface area (Å²) in [6.45, 7) is 21.5. The molecular formula is C45H54IrN3O2. The molecule has 0 radical (unpaired) electrons. The zero-order chi connectivity index (χ0) is 36.4. The number of aromatic nitrogens is 1. The van der Waals surface area contributed by atoms with Gasteiger partial charge in [0.05, 0.1) is 12.2 Å². The first-order valence-electron chi connectivity index (χ1n) is 17.7. The summed E-state index contributed by atoms with van der Waals surface area (Å²) >= 11 is 0. The van der Waals surface area contributed by atoms with Crippen molar-refractivity contribution >= 4 is 22.1 Å². The second-order valence-corrected chi connectivity index (χ2v) is 14.6. The Labute approximate surface area is 320 Å². The van der Waals surface area contributed by atoms with Crippen LogP contribution in [0, 0.1) is 18.8 Å². The van der Waals surface area contributed by atoms with Crippen LogP contribution in [-0.4, -0.2) is 27.4 Å². The molecule has 0 saturated heterocycles. The molecule has 1 aromatic heterocycles. The van der Waals surface area contributed by atoms with Crippen molar-refractivity contribution in [3.63, 3.8) is 0 Å². The van der Waals surface area contributed by atoms with E-state index in [0.29, 0.717) is 18.3 Å². The van der Waals surface area contributed by atoms with E-state index in [1.54, 1.807) is 13.8 Å². The molecular weight excluding hydrogens is 807 g/mol. The van der Waals surface area contributed by atoms with Crippen molar-refractivity contribution < 1.29 is 30.3 Å². The van der Waals surface area contributed by atoms with Crippen molar-refractivity contribution in [2.75, 3.05) is 9.80 Å². The SMILES string of the molecule is CC(C)c1cc(C(C)(C)C)cc(C(C)C)c1N1C=CN(c2[c-]cccc2)[CH-]1.CC(O)CC(C)O.[Ir+3].[c-]1ccccc1-c1nccc2ccccc12. The molecule has 0 saturated carbocycles. The van der Waals surface area contributed by atoms with Crippen LogP contribution in [0.1, 0.15) is 97.3 Å². The van der Waals surface area contributed by atoms with E-state index < -0.39 is 0 Å². The molecule has 6 heteroatoms. The van der Waals surface area contributed by atoms with Crippen LogP contribution in [0.25, 0.3) is 22.0 Å². The Balaban J connectivity index is 0.000000246. The maximum absolute atomic E-state index is 8.56. The van der Waals surface area contributed by atoms with Gasteiger partial charge in [0.15, 0.2) is 0 Å². The van der Waals surface area contributed by atoms with Crippen LogP contribution in [0.4, 0.5) is 11.4 Å². The largest absolute Gasteiger partial charge is 3.00 e. The molecule has 0 aliphatic carbocycles. The predicted octanol–water partition coefficient (Wildman–Crippen LogP) is 10.8. The number of benzene rings is 4. The van der Waals surface area contributed by atoms with Gasteiger partial charge >= 0.3 is 20.1 Å². The number of nitrogens with zero attached hydrogens (tertiary/aromatic N) is 3. The third kappa shape index (κ3) is 11.6. The zero-order valence-corrected chi connectivity index (χ0v) is 34.0. The summed E-state index contributed by atoms with van der Waals surface area (Å²) in [6.07, 6.45) is 5.83. The molecule has 1 aliphatic rings. The van der Waals surface area contributed by atoms with E-state index in [1.807, 2.05) is 66.9 Å². The average molecular weight is 861 g/mol. The Bertz CT molecular complexity index is 1770. The van der Waals surface area contributed by atoms with E-state index in [-0.39, 0.29) is 37.7 Å². The quantitative estimate of drug-likeness (QED) is 0.160. The third-order valence-corrected chi connectivity index (χ3v) is 8.46. The smallest absolute Gasteiger partial charge is 0.500 e. The molecule has 0 spiro atoms. The number of hydrogen-bond donors (Lipinski definition) is 2. The van der Waals surface area contributed by atoms with Crippen molar-refractivity contribution in [1.82, 2.24) is 4.98 Å². The van der Waals surface area contributed by atoms with Crippen molar-refractivity contribution in [2.24, 2.45) is 0 Å². The van der Waals surface area contributed by atoms with Crippen molar-refractivity contribution in [3.05, 3.63) is 145 Å². The van der Waals surface area contributed by atoms with Gasteiger partial charge < -0.3 is 25.0 Å². The standard InChI is InChI=1S/C25H32N2.C15H10N.C5H12O2.Ir/c1-18(2)22-15-20(25(5,6)7)16-23(19(3)4)24(22)27-14-13-26(17-27)21-11-9-8-10-12-21;1-2-7-13(8-3-1)15-14-9-5-4-6-12(14)10-11-16-15;1-4(6)3-5(2)7;/h8-11,13-19H,1-7H3;1-7,9-11H;4-7H,3H2,1-2H3;/q-2;-1;;+3. The van der Waals surface area contributed by atoms with Crippen LogP contribution in [0.3, 0.4) is 0 Å². The average Bonchev–Trinajstić information content (AvgIpc) is 3.58. The Hall–Kier alpha value is -3.80. The number of para-hydroxylation sites is 1. The third-order valence-electron chi connectivity index (χ3n) is 8.46. The molecule has 270 valence electrons. The number of aliphatic hydroxyl groups excluding tert-OH is 2. The summed E-state index contributed by atoms with van der Waals surface area (Å²) in [5.41, 5.74) is 8.79. The molecule has 5 aromatic rings. The van der Waals surface area contributed by atoms with Gasteiger partial charge in [-0.3, -0.25) is 0 Å². The van der Waals surface area contributed by atoms with Crippen molar-refractivity contribution in [1.29, 1.82) is 0 Å². The van der Waals surface area contributed by atoms with Crippen LogP contribution in [0.15, 0.2) is 110 Å². The van der Waals surface area contributed by atoms with Gasteiger partial charge in [-0.15, -0.1) is 48.3 Å². The monoisotopic (exact) mass is 861 g/mol. The van der Waals surface area contributed by atoms with Gasteiger partial charge in [-0.25, -0.2) is 0 Å². The molecule has 51 heavy (non-hydrogen) atoms. The Kier molecular flexibility index (Phi) is 15.6. The van der Waals surface area contributed by atoms with E-state index in [9.17, 15) is 0 Å². The maximum Gasteiger partial charge on any atom is 3.00 e. The van der Waals surface area contributed by atoms with Crippen LogP contribution in [0.5, 0.6) is 0 Å². The van der Waals surface area contributed by atoms with Gasteiger partial charge in [0, 0.05) is 11.9 Å². The van der Waals surface area contributed by atoms with E-state index >= 15 is 0 Å². The number of anilines is 2. The van der Waals surface area contributed by atoms with E-state index in [0.717, 1.165) is 16.9 Å². The summed E-state index contributed by atoms with van der Waals surface area (Å²) < 4.78 is 0. The second kappa shape index (κ2) is 19.2. The number of fused-ring (bicyclic) bond motifs is 1. The summed E-state index contributed by atoms with van der Waals surface area (Å²) in [5.74, 6) is 0.915. The summed E-state index contributed by atoms with van der Waals surface area (Å²) in [4.78, 5) is 8.85. The van der Waals surface area contributed by atoms with Crippen molar-refractivity contribution in [3.8, 4) is 11.3 Å².